The first-order valence-electron chi connectivity index (χ1n) is 6.65. The SMILES string of the molecule is CC1CC(NC(=O)COc2ccc(F)c(Cl)c2)CCN1. The van der Waals surface area contributed by atoms with Gasteiger partial charge in [0.05, 0.1) is 5.02 Å². The van der Waals surface area contributed by atoms with Crippen LogP contribution in [0.2, 0.25) is 5.02 Å². The van der Waals surface area contributed by atoms with Gasteiger partial charge in [-0.3, -0.25) is 4.79 Å². The van der Waals surface area contributed by atoms with Crippen LogP contribution in [0, 0.1) is 5.82 Å². The van der Waals surface area contributed by atoms with E-state index in [2.05, 4.69) is 17.6 Å². The van der Waals surface area contributed by atoms with Crippen molar-refractivity contribution in [2.45, 2.75) is 31.8 Å². The van der Waals surface area contributed by atoms with Crippen molar-refractivity contribution in [1.82, 2.24) is 10.6 Å². The maximum Gasteiger partial charge on any atom is 0.258 e. The van der Waals surface area contributed by atoms with Gasteiger partial charge >= 0.3 is 0 Å². The van der Waals surface area contributed by atoms with Gasteiger partial charge in [-0.15, -0.1) is 0 Å². The van der Waals surface area contributed by atoms with E-state index in [0.717, 1.165) is 19.4 Å². The molecule has 1 aromatic rings. The number of hydrogen-bond acceptors (Lipinski definition) is 3. The van der Waals surface area contributed by atoms with Crippen LogP contribution in [0.25, 0.3) is 0 Å². The molecule has 2 unspecified atom stereocenters. The molecule has 2 rings (SSSR count). The van der Waals surface area contributed by atoms with Gasteiger partial charge in [-0.2, -0.15) is 0 Å². The summed E-state index contributed by atoms with van der Waals surface area (Å²) in [5, 5.41) is 6.24. The van der Waals surface area contributed by atoms with Gasteiger partial charge in [-0.05, 0) is 38.4 Å². The minimum absolute atomic E-state index is 0.0184. The third-order valence-electron chi connectivity index (χ3n) is 3.25. The highest BCUT2D eigenvalue weighted by Gasteiger charge is 2.19. The van der Waals surface area contributed by atoms with Crippen molar-refractivity contribution in [2.75, 3.05) is 13.2 Å². The number of piperidine rings is 1. The third-order valence-corrected chi connectivity index (χ3v) is 3.54. The van der Waals surface area contributed by atoms with Crippen molar-refractivity contribution < 1.29 is 13.9 Å². The topological polar surface area (TPSA) is 50.4 Å². The van der Waals surface area contributed by atoms with Crippen molar-refractivity contribution in [2.24, 2.45) is 0 Å². The molecule has 1 fully saturated rings. The first-order chi connectivity index (χ1) is 9.54. The number of rotatable bonds is 4. The Balaban J connectivity index is 1.78. The van der Waals surface area contributed by atoms with Crippen molar-refractivity contribution in [3.8, 4) is 5.75 Å². The highest BCUT2D eigenvalue weighted by atomic mass is 35.5. The highest BCUT2D eigenvalue weighted by Crippen LogP contribution is 2.20. The number of amides is 1. The van der Waals surface area contributed by atoms with Crippen molar-refractivity contribution >= 4 is 17.5 Å². The smallest absolute Gasteiger partial charge is 0.258 e. The molecule has 110 valence electrons. The Morgan fingerprint density at radius 3 is 3.10 bits per heavy atom. The molecule has 2 atom stereocenters. The number of halogens is 2. The third kappa shape index (κ3) is 4.35. The number of ether oxygens (including phenoxy) is 1. The van der Waals surface area contributed by atoms with Crippen LogP contribution in [0.1, 0.15) is 19.8 Å². The maximum absolute atomic E-state index is 13.0. The van der Waals surface area contributed by atoms with Gasteiger partial charge in [0.25, 0.3) is 5.91 Å². The highest BCUT2D eigenvalue weighted by molar-refractivity contribution is 6.30. The zero-order valence-corrected chi connectivity index (χ0v) is 12.0. The predicted molar refractivity (Wildman–Crippen MR) is 75.5 cm³/mol. The molecule has 6 heteroatoms. The lowest BCUT2D eigenvalue weighted by atomic mass is 10.0. The monoisotopic (exact) mass is 300 g/mol. The number of nitrogens with one attached hydrogen (secondary N) is 2. The summed E-state index contributed by atoms with van der Waals surface area (Å²) in [7, 11) is 0. The Labute approximate surface area is 122 Å². The fourth-order valence-corrected chi connectivity index (χ4v) is 2.42. The summed E-state index contributed by atoms with van der Waals surface area (Å²) in [5.41, 5.74) is 0. The summed E-state index contributed by atoms with van der Waals surface area (Å²) in [6.07, 6.45) is 1.83. The second-order valence-corrected chi connectivity index (χ2v) is 5.42. The van der Waals surface area contributed by atoms with Crippen LogP contribution in [0.5, 0.6) is 5.75 Å². The van der Waals surface area contributed by atoms with E-state index in [-0.39, 0.29) is 23.6 Å². The Bertz CT molecular complexity index is 484. The molecule has 0 saturated carbocycles. The average molecular weight is 301 g/mol. The van der Waals surface area contributed by atoms with Gasteiger partial charge in [-0.1, -0.05) is 11.6 Å². The Morgan fingerprint density at radius 1 is 1.60 bits per heavy atom. The molecular weight excluding hydrogens is 283 g/mol. The molecule has 0 aliphatic carbocycles. The van der Waals surface area contributed by atoms with Crippen LogP contribution < -0.4 is 15.4 Å². The van der Waals surface area contributed by atoms with Crippen molar-refractivity contribution in [3.05, 3.63) is 29.0 Å². The predicted octanol–water partition coefficient (Wildman–Crippen LogP) is 2.11. The van der Waals surface area contributed by atoms with Crippen molar-refractivity contribution in [1.29, 1.82) is 0 Å². The number of hydrogen-bond donors (Lipinski definition) is 2. The molecule has 0 spiro atoms. The van der Waals surface area contributed by atoms with E-state index in [4.69, 9.17) is 16.3 Å². The molecule has 1 saturated heterocycles. The zero-order valence-electron chi connectivity index (χ0n) is 11.3. The molecule has 0 aromatic heterocycles. The fourth-order valence-electron chi connectivity index (χ4n) is 2.25. The van der Waals surface area contributed by atoms with E-state index >= 15 is 0 Å². The van der Waals surface area contributed by atoms with E-state index in [1.54, 1.807) is 0 Å². The molecule has 1 aromatic carbocycles. The van der Waals surface area contributed by atoms with Gasteiger partial charge in [0.15, 0.2) is 6.61 Å². The van der Waals surface area contributed by atoms with Gasteiger partial charge < -0.3 is 15.4 Å². The average Bonchev–Trinajstić information content (AvgIpc) is 2.40. The maximum atomic E-state index is 13.0. The summed E-state index contributed by atoms with van der Waals surface area (Å²) in [4.78, 5) is 11.8. The standard InChI is InChI=1S/C14H18ClFN2O2/c1-9-6-10(4-5-17-9)18-14(19)8-20-11-2-3-13(16)12(15)7-11/h2-3,7,9-10,17H,4-6,8H2,1H3,(H,18,19). The van der Waals surface area contributed by atoms with Crippen LogP contribution in [-0.4, -0.2) is 31.1 Å². The number of carbonyl (C=O) groups excluding carboxylic acids is 1. The van der Waals surface area contributed by atoms with Crippen LogP contribution in [-0.2, 0) is 4.79 Å². The Morgan fingerprint density at radius 2 is 2.40 bits per heavy atom. The van der Waals surface area contributed by atoms with Gasteiger partial charge in [0.2, 0.25) is 0 Å². The van der Waals surface area contributed by atoms with Crippen LogP contribution in [0.15, 0.2) is 18.2 Å². The first-order valence-corrected chi connectivity index (χ1v) is 7.03. The summed E-state index contributed by atoms with van der Waals surface area (Å²) in [6.45, 7) is 2.90. The van der Waals surface area contributed by atoms with Gasteiger partial charge in [0.1, 0.15) is 11.6 Å². The molecule has 2 N–H and O–H groups in total. The summed E-state index contributed by atoms with van der Waals surface area (Å²) >= 11 is 5.64. The van der Waals surface area contributed by atoms with Crippen LogP contribution in [0.3, 0.4) is 0 Å². The number of benzene rings is 1. The molecule has 20 heavy (non-hydrogen) atoms. The summed E-state index contributed by atoms with van der Waals surface area (Å²) in [5.74, 6) is -0.304. The molecule has 1 aliphatic heterocycles. The normalized spacial score (nSPS) is 22.4. The molecule has 1 heterocycles. The Kier molecular flexibility index (Phi) is 5.20. The minimum Gasteiger partial charge on any atom is -0.484 e. The molecule has 4 nitrogen and oxygen atoms in total. The van der Waals surface area contributed by atoms with Gasteiger partial charge in [0, 0.05) is 18.2 Å². The fraction of sp³-hybridized carbons (Fsp3) is 0.500. The minimum atomic E-state index is -0.507. The lowest BCUT2D eigenvalue weighted by molar-refractivity contribution is -0.124. The number of carbonyl (C=O) groups is 1. The van der Waals surface area contributed by atoms with Gasteiger partial charge in [-0.25, -0.2) is 4.39 Å². The lowest BCUT2D eigenvalue weighted by Gasteiger charge is -2.28. The quantitative estimate of drug-likeness (QED) is 0.895. The summed E-state index contributed by atoms with van der Waals surface area (Å²) < 4.78 is 18.3. The lowest BCUT2D eigenvalue weighted by Crippen LogP contribution is -2.47. The van der Waals surface area contributed by atoms with Crippen LogP contribution >= 0.6 is 11.6 Å². The van der Waals surface area contributed by atoms with E-state index in [1.165, 1.54) is 18.2 Å². The van der Waals surface area contributed by atoms with E-state index in [0.29, 0.717) is 11.8 Å². The first kappa shape index (κ1) is 15.1. The molecule has 0 radical (unpaired) electrons. The van der Waals surface area contributed by atoms with Crippen molar-refractivity contribution in [3.63, 3.8) is 0 Å². The second-order valence-electron chi connectivity index (χ2n) is 5.01. The van der Waals surface area contributed by atoms with E-state index in [1.807, 2.05) is 0 Å². The van der Waals surface area contributed by atoms with Crippen LogP contribution in [0.4, 0.5) is 4.39 Å². The second kappa shape index (κ2) is 6.90. The largest absolute Gasteiger partial charge is 0.484 e. The van der Waals surface area contributed by atoms with E-state index < -0.39 is 5.82 Å². The molecule has 1 aliphatic rings. The molecule has 1 amide bonds. The Hall–Kier alpha value is -1.33. The molecular formula is C14H18ClFN2O2. The summed E-state index contributed by atoms with van der Waals surface area (Å²) in [6, 6.07) is 4.60. The zero-order chi connectivity index (χ0) is 14.5. The molecule has 0 bridgehead atoms. The van der Waals surface area contributed by atoms with E-state index in [9.17, 15) is 9.18 Å².